The van der Waals surface area contributed by atoms with Crippen molar-refractivity contribution in [1.29, 1.82) is 0 Å². The van der Waals surface area contributed by atoms with Crippen molar-refractivity contribution in [1.82, 2.24) is 4.90 Å². The van der Waals surface area contributed by atoms with Crippen molar-refractivity contribution in [3.63, 3.8) is 0 Å². The third kappa shape index (κ3) is 4.09. The summed E-state index contributed by atoms with van der Waals surface area (Å²) >= 11 is 0. The number of rotatable bonds is 4. The molecule has 0 saturated heterocycles. The molecule has 1 aromatic carbocycles. The van der Waals surface area contributed by atoms with Crippen LogP contribution in [0.3, 0.4) is 0 Å². The quantitative estimate of drug-likeness (QED) is 0.845. The van der Waals surface area contributed by atoms with E-state index in [4.69, 9.17) is 9.84 Å². The number of carbonyl (C=O) groups is 1. The predicted octanol–water partition coefficient (Wildman–Crippen LogP) is 1.41. The number of likely N-dealkylation sites (N-methyl/N-ethyl adjacent to an activating group) is 1. The third-order valence-electron chi connectivity index (χ3n) is 3.10. The van der Waals surface area contributed by atoms with Gasteiger partial charge in [-0.15, -0.1) is 0 Å². The summed E-state index contributed by atoms with van der Waals surface area (Å²) in [6.07, 6.45) is 0. The Morgan fingerprint density at radius 2 is 2.05 bits per heavy atom. The molecule has 0 aliphatic heterocycles. The van der Waals surface area contributed by atoms with E-state index in [1.807, 2.05) is 24.3 Å². The van der Waals surface area contributed by atoms with Crippen LogP contribution >= 0.6 is 0 Å². The molecule has 0 aliphatic rings. The van der Waals surface area contributed by atoms with Gasteiger partial charge in [0.05, 0.1) is 0 Å². The lowest BCUT2D eigenvalue weighted by molar-refractivity contribution is -0.150. The number of aliphatic hydroxyl groups excluding tert-OH is 1. The summed E-state index contributed by atoms with van der Waals surface area (Å²) in [4.78, 5) is 13.9. The highest BCUT2D eigenvalue weighted by Crippen LogP contribution is 2.15. The molecule has 0 heterocycles. The number of ether oxygens (including phenoxy) is 1. The average molecular weight is 275 g/mol. The molecule has 20 heavy (non-hydrogen) atoms. The molecule has 1 amide bonds. The second-order valence-electron chi connectivity index (χ2n) is 4.99. The second-order valence-corrected chi connectivity index (χ2v) is 4.99. The Hall–Kier alpha value is -1.83. The van der Waals surface area contributed by atoms with Crippen LogP contribution in [0, 0.1) is 11.8 Å². The highest BCUT2D eigenvalue weighted by molar-refractivity contribution is 5.84. The third-order valence-corrected chi connectivity index (χ3v) is 3.10. The van der Waals surface area contributed by atoms with Gasteiger partial charge in [0.15, 0.2) is 0 Å². The summed E-state index contributed by atoms with van der Waals surface area (Å²) in [5, 5.41) is 8.77. The van der Waals surface area contributed by atoms with E-state index in [0.29, 0.717) is 6.54 Å². The molecule has 0 aliphatic carbocycles. The summed E-state index contributed by atoms with van der Waals surface area (Å²) in [6, 6.07) is 7.58. The zero-order valence-electron chi connectivity index (χ0n) is 12.4. The number of amides is 1. The Morgan fingerprint density at radius 1 is 1.40 bits per heavy atom. The normalized spacial score (nSPS) is 10.7. The molecule has 0 spiro atoms. The zero-order chi connectivity index (χ0) is 15.2. The monoisotopic (exact) mass is 275 g/mol. The molecule has 4 nitrogen and oxygen atoms in total. The molecule has 1 rings (SSSR count). The van der Waals surface area contributed by atoms with Gasteiger partial charge in [0.2, 0.25) is 0 Å². The highest BCUT2D eigenvalue weighted by Gasteiger charge is 2.30. The van der Waals surface area contributed by atoms with Gasteiger partial charge in [0, 0.05) is 26.3 Å². The van der Waals surface area contributed by atoms with E-state index in [-0.39, 0.29) is 12.5 Å². The van der Waals surface area contributed by atoms with Crippen LogP contribution in [-0.4, -0.2) is 42.3 Å². The maximum Gasteiger partial charge on any atom is 0.254 e. The smallest absolute Gasteiger partial charge is 0.254 e. The van der Waals surface area contributed by atoms with Crippen LogP contribution < -0.4 is 0 Å². The Morgan fingerprint density at radius 3 is 2.65 bits per heavy atom. The topological polar surface area (TPSA) is 49.8 Å². The first kappa shape index (κ1) is 16.2. The first-order chi connectivity index (χ1) is 9.42. The average Bonchev–Trinajstić information content (AvgIpc) is 2.45. The van der Waals surface area contributed by atoms with Crippen molar-refractivity contribution in [3.8, 4) is 11.8 Å². The number of carbonyl (C=O) groups excluding carboxylic acids is 1. The molecular weight excluding hydrogens is 254 g/mol. The van der Waals surface area contributed by atoms with Gasteiger partial charge >= 0.3 is 0 Å². The van der Waals surface area contributed by atoms with E-state index < -0.39 is 5.60 Å². The van der Waals surface area contributed by atoms with Gasteiger partial charge in [-0.1, -0.05) is 30.0 Å². The lowest BCUT2D eigenvalue weighted by atomic mass is 10.1. The summed E-state index contributed by atoms with van der Waals surface area (Å²) in [7, 11) is 3.26. The Labute approximate surface area is 120 Å². The summed E-state index contributed by atoms with van der Waals surface area (Å²) < 4.78 is 5.20. The van der Waals surface area contributed by atoms with Crippen LogP contribution in [0.4, 0.5) is 0 Å². The molecule has 4 heteroatoms. The maximum atomic E-state index is 12.3. The largest absolute Gasteiger partial charge is 0.384 e. The molecule has 1 N–H and O–H groups in total. The van der Waals surface area contributed by atoms with Gasteiger partial charge in [0.1, 0.15) is 12.2 Å². The minimum atomic E-state index is -0.847. The van der Waals surface area contributed by atoms with Gasteiger partial charge in [-0.05, 0) is 25.5 Å². The van der Waals surface area contributed by atoms with Crippen molar-refractivity contribution in [2.24, 2.45) is 0 Å². The summed E-state index contributed by atoms with van der Waals surface area (Å²) in [6.45, 7) is 3.74. The fraction of sp³-hybridized carbons (Fsp3) is 0.438. The van der Waals surface area contributed by atoms with Crippen molar-refractivity contribution in [2.45, 2.75) is 26.0 Å². The Kier molecular flexibility index (Phi) is 5.75. The molecule has 0 aromatic heterocycles. The number of hydrogen-bond donors (Lipinski definition) is 1. The molecule has 0 saturated carbocycles. The number of aliphatic hydroxyl groups is 1. The van der Waals surface area contributed by atoms with E-state index in [9.17, 15) is 4.79 Å². The van der Waals surface area contributed by atoms with Crippen LogP contribution in [0.2, 0.25) is 0 Å². The minimum absolute atomic E-state index is 0.0927. The summed E-state index contributed by atoms with van der Waals surface area (Å²) in [5.41, 5.74) is 0.910. The maximum absolute atomic E-state index is 12.3. The van der Waals surface area contributed by atoms with Gasteiger partial charge in [-0.2, -0.15) is 0 Å². The molecule has 0 unspecified atom stereocenters. The SMILES string of the molecule is COC(C)(C)C(=O)N(C)Cc1ccccc1C#CCO. The van der Waals surface area contributed by atoms with E-state index in [1.165, 1.54) is 7.11 Å². The second kappa shape index (κ2) is 7.09. The number of methoxy groups -OCH3 is 1. The molecular formula is C16H21NO3. The Balaban J connectivity index is 2.91. The number of benzene rings is 1. The van der Waals surface area contributed by atoms with Gasteiger partial charge in [-0.25, -0.2) is 0 Å². The van der Waals surface area contributed by atoms with Crippen LogP contribution in [-0.2, 0) is 16.1 Å². The van der Waals surface area contributed by atoms with Gasteiger partial charge in [-0.3, -0.25) is 4.79 Å². The van der Waals surface area contributed by atoms with Crippen LogP contribution in [0.15, 0.2) is 24.3 Å². The highest BCUT2D eigenvalue weighted by atomic mass is 16.5. The van der Waals surface area contributed by atoms with Crippen molar-refractivity contribution in [2.75, 3.05) is 20.8 Å². The Bertz CT molecular complexity index is 526. The van der Waals surface area contributed by atoms with Crippen molar-refractivity contribution in [3.05, 3.63) is 35.4 Å². The van der Waals surface area contributed by atoms with Crippen molar-refractivity contribution < 1.29 is 14.6 Å². The predicted molar refractivity (Wildman–Crippen MR) is 78.0 cm³/mol. The van der Waals surface area contributed by atoms with E-state index in [1.54, 1.807) is 25.8 Å². The van der Waals surface area contributed by atoms with Crippen LogP contribution in [0.1, 0.15) is 25.0 Å². The molecule has 0 radical (unpaired) electrons. The number of nitrogens with zero attached hydrogens (tertiary/aromatic N) is 1. The fourth-order valence-electron chi connectivity index (χ4n) is 1.79. The molecule has 0 bridgehead atoms. The molecule has 1 aromatic rings. The minimum Gasteiger partial charge on any atom is -0.384 e. The first-order valence-corrected chi connectivity index (χ1v) is 6.40. The van der Waals surface area contributed by atoms with Crippen LogP contribution in [0.5, 0.6) is 0 Å². The lowest BCUT2D eigenvalue weighted by Gasteiger charge is -2.28. The first-order valence-electron chi connectivity index (χ1n) is 6.40. The van der Waals surface area contributed by atoms with Gasteiger partial charge < -0.3 is 14.7 Å². The van der Waals surface area contributed by atoms with E-state index >= 15 is 0 Å². The number of hydrogen-bond acceptors (Lipinski definition) is 3. The van der Waals surface area contributed by atoms with Crippen LogP contribution in [0.25, 0.3) is 0 Å². The standard InChI is InChI=1S/C16H21NO3/c1-16(2,20-4)15(19)17(3)12-14-9-6-5-8-13(14)10-7-11-18/h5-6,8-9,18H,11-12H2,1-4H3. The fourth-order valence-corrected chi connectivity index (χ4v) is 1.79. The summed E-state index contributed by atoms with van der Waals surface area (Å²) in [5.74, 6) is 5.42. The molecule has 0 atom stereocenters. The van der Waals surface area contributed by atoms with Gasteiger partial charge in [0.25, 0.3) is 5.91 Å². The molecule has 0 fully saturated rings. The lowest BCUT2D eigenvalue weighted by Crippen LogP contribution is -2.44. The zero-order valence-corrected chi connectivity index (χ0v) is 12.4. The van der Waals surface area contributed by atoms with Crippen molar-refractivity contribution >= 4 is 5.91 Å². The van der Waals surface area contributed by atoms with E-state index in [2.05, 4.69) is 11.8 Å². The molecule has 108 valence electrons. The van der Waals surface area contributed by atoms with E-state index in [0.717, 1.165) is 11.1 Å².